The predicted molar refractivity (Wildman–Crippen MR) is 54.4 cm³/mol. The summed E-state index contributed by atoms with van der Waals surface area (Å²) >= 11 is 0. The Morgan fingerprint density at radius 1 is 1.50 bits per heavy atom. The minimum Gasteiger partial charge on any atom is -0.391 e. The van der Waals surface area contributed by atoms with Gasteiger partial charge in [-0.3, -0.25) is 4.79 Å². The first-order valence-electron chi connectivity index (χ1n) is 4.97. The van der Waals surface area contributed by atoms with Gasteiger partial charge >= 0.3 is 0 Å². The lowest BCUT2D eigenvalue weighted by Crippen LogP contribution is -2.26. The molecule has 3 nitrogen and oxygen atoms in total. The summed E-state index contributed by atoms with van der Waals surface area (Å²) in [6, 6.07) is 2.36. The number of aromatic nitrogens is 1. The van der Waals surface area contributed by atoms with Crippen LogP contribution in [-0.2, 0) is 6.61 Å². The molecule has 1 fully saturated rings. The Labute approximate surface area is 83.0 Å². The van der Waals surface area contributed by atoms with Gasteiger partial charge in [0.1, 0.15) is 0 Å². The van der Waals surface area contributed by atoms with E-state index in [9.17, 15) is 4.79 Å². The lowest BCUT2D eigenvalue weighted by molar-refractivity contribution is 0.278. The van der Waals surface area contributed by atoms with Gasteiger partial charge in [-0.05, 0) is 38.3 Å². The van der Waals surface area contributed by atoms with Gasteiger partial charge in [-0.2, -0.15) is 0 Å². The fourth-order valence-electron chi connectivity index (χ4n) is 1.92. The van der Waals surface area contributed by atoms with Crippen molar-refractivity contribution in [3.05, 3.63) is 33.2 Å². The van der Waals surface area contributed by atoms with Gasteiger partial charge in [0, 0.05) is 17.3 Å². The molecule has 3 heteroatoms. The second kappa shape index (κ2) is 3.24. The standard InChI is InChI=1S/C11H15NO2/c1-7-5-8(2)12(9-3-4-9)11(14)10(7)6-13/h5,9,13H,3-4,6H2,1-2H3. The van der Waals surface area contributed by atoms with E-state index < -0.39 is 0 Å². The normalized spacial score (nSPS) is 15.9. The Balaban J connectivity index is 2.64. The molecule has 1 N–H and O–H groups in total. The van der Waals surface area contributed by atoms with Crippen molar-refractivity contribution in [3.8, 4) is 0 Å². The fourth-order valence-corrected chi connectivity index (χ4v) is 1.92. The number of aliphatic hydroxyl groups excluding tert-OH is 1. The lowest BCUT2D eigenvalue weighted by Gasteiger charge is -2.12. The molecule has 0 aromatic carbocycles. The van der Waals surface area contributed by atoms with Crippen LogP contribution < -0.4 is 5.56 Å². The van der Waals surface area contributed by atoms with Crippen molar-refractivity contribution < 1.29 is 5.11 Å². The van der Waals surface area contributed by atoms with E-state index in [2.05, 4.69) is 0 Å². The van der Waals surface area contributed by atoms with Gasteiger partial charge in [0.2, 0.25) is 0 Å². The highest BCUT2D eigenvalue weighted by molar-refractivity contribution is 5.26. The Morgan fingerprint density at radius 3 is 2.64 bits per heavy atom. The third-order valence-corrected chi connectivity index (χ3v) is 2.83. The number of nitrogens with zero attached hydrogens (tertiary/aromatic N) is 1. The molecule has 0 aliphatic heterocycles. The molecular formula is C11H15NO2. The maximum atomic E-state index is 11.9. The smallest absolute Gasteiger partial charge is 0.256 e. The van der Waals surface area contributed by atoms with Crippen molar-refractivity contribution in [1.29, 1.82) is 0 Å². The van der Waals surface area contributed by atoms with Crippen molar-refractivity contribution in [2.45, 2.75) is 39.3 Å². The third-order valence-electron chi connectivity index (χ3n) is 2.83. The molecule has 0 unspecified atom stereocenters. The molecule has 0 spiro atoms. The zero-order valence-electron chi connectivity index (χ0n) is 8.58. The van der Waals surface area contributed by atoms with Gasteiger partial charge in [-0.25, -0.2) is 0 Å². The Morgan fingerprint density at radius 2 is 2.14 bits per heavy atom. The molecule has 76 valence electrons. The molecule has 14 heavy (non-hydrogen) atoms. The summed E-state index contributed by atoms with van der Waals surface area (Å²) in [4.78, 5) is 11.9. The van der Waals surface area contributed by atoms with Gasteiger partial charge in [0.15, 0.2) is 0 Å². The van der Waals surface area contributed by atoms with E-state index in [0.29, 0.717) is 11.6 Å². The Hall–Kier alpha value is -1.09. The second-order valence-electron chi connectivity index (χ2n) is 4.01. The van der Waals surface area contributed by atoms with Crippen LogP contribution in [0.3, 0.4) is 0 Å². The van der Waals surface area contributed by atoms with Crippen LogP contribution in [-0.4, -0.2) is 9.67 Å². The van der Waals surface area contributed by atoms with Gasteiger partial charge in [-0.1, -0.05) is 0 Å². The van der Waals surface area contributed by atoms with E-state index in [1.165, 1.54) is 0 Å². The van der Waals surface area contributed by atoms with Crippen molar-refractivity contribution in [3.63, 3.8) is 0 Å². The van der Waals surface area contributed by atoms with Crippen LogP contribution in [0.1, 0.15) is 35.7 Å². The number of hydrogen-bond acceptors (Lipinski definition) is 2. The molecule has 1 aliphatic rings. The van der Waals surface area contributed by atoms with Crippen LogP contribution in [0.25, 0.3) is 0 Å². The molecule has 1 heterocycles. The van der Waals surface area contributed by atoms with Crippen LogP contribution in [0.4, 0.5) is 0 Å². The maximum absolute atomic E-state index is 11.9. The SMILES string of the molecule is Cc1cc(C)n(C2CC2)c(=O)c1CO. The van der Waals surface area contributed by atoms with Crippen LogP contribution in [0.5, 0.6) is 0 Å². The fraction of sp³-hybridized carbons (Fsp3) is 0.545. The van der Waals surface area contributed by atoms with Gasteiger partial charge in [0.05, 0.1) is 6.61 Å². The van der Waals surface area contributed by atoms with E-state index in [1.54, 1.807) is 0 Å². The topological polar surface area (TPSA) is 42.2 Å². The van der Waals surface area contributed by atoms with Crippen molar-refractivity contribution >= 4 is 0 Å². The molecule has 1 aliphatic carbocycles. The van der Waals surface area contributed by atoms with Gasteiger partial charge in [0.25, 0.3) is 5.56 Å². The number of rotatable bonds is 2. The summed E-state index contributed by atoms with van der Waals surface area (Å²) in [5.41, 5.74) is 2.44. The van der Waals surface area contributed by atoms with E-state index in [-0.39, 0.29) is 12.2 Å². The lowest BCUT2D eigenvalue weighted by atomic mass is 10.1. The highest BCUT2D eigenvalue weighted by Gasteiger charge is 2.26. The average Bonchev–Trinajstić information content (AvgIpc) is 2.88. The van der Waals surface area contributed by atoms with Gasteiger partial charge < -0.3 is 9.67 Å². The molecule has 1 aromatic rings. The summed E-state index contributed by atoms with van der Waals surface area (Å²) in [6.45, 7) is 3.67. The average molecular weight is 193 g/mol. The van der Waals surface area contributed by atoms with Crippen molar-refractivity contribution in [2.24, 2.45) is 0 Å². The maximum Gasteiger partial charge on any atom is 0.256 e. The van der Waals surface area contributed by atoms with E-state index >= 15 is 0 Å². The summed E-state index contributed by atoms with van der Waals surface area (Å²) in [7, 11) is 0. The highest BCUT2D eigenvalue weighted by Crippen LogP contribution is 2.34. The summed E-state index contributed by atoms with van der Waals surface area (Å²) in [5.74, 6) is 0. The number of aryl methyl sites for hydroxylation is 2. The molecule has 0 bridgehead atoms. The first kappa shape index (κ1) is 9.46. The Kier molecular flexibility index (Phi) is 2.19. The van der Waals surface area contributed by atoms with E-state index in [4.69, 9.17) is 5.11 Å². The van der Waals surface area contributed by atoms with Crippen molar-refractivity contribution in [1.82, 2.24) is 4.57 Å². The van der Waals surface area contributed by atoms with Crippen molar-refractivity contribution in [2.75, 3.05) is 0 Å². The number of hydrogen-bond donors (Lipinski definition) is 1. The summed E-state index contributed by atoms with van der Waals surface area (Å²) < 4.78 is 1.82. The van der Waals surface area contributed by atoms with Crippen LogP contribution in [0.2, 0.25) is 0 Å². The molecule has 0 saturated heterocycles. The minimum absolute atomic E-state index is 0.00694. The molecule has 1 saturated carbocycles. The monoisotopic (exact) mass is 193 g/mol. The van der Waals surface area contributed by atoms with Gasteiger partial charge in [-0.15, -0.1) is 0 Å². The summed E-state index contributed by atoms with van der Waals surface area (Å²) in [5, 5.41) is 9.10. The molecule has 1 aromatic heterocycles. The second-order valence-corrected chi connectivity index (χ2v) is 4.01. The molecule has 0 amide bonds. The first-order chi connectivity index (χ1) is 6.65. The van der Waals surface area contributed by atoms with Crippen LogP contribution in [0, 0.1) is 13.8 Å². The first-order valence-corrected chi connectivity index (χ1v) is 4.97. The predicted octanol–water partition coefficient (Wildman–Crippen LogP) is 1.29. The zero-order valence-corrected chi connectivity index (χ0v) is 8.58. The van der Waals surface area contributed by atoms with E-state index in [0.717, 1.165) is 24.1 Å². The molecule has 0 atom stereocenters. The van der Waals surface area contributed by atoms with Crippen LogP contribution in [0.15, 0.2) is 10.9 Å². The molecule has 2 rings (SSSR count). The van der Waals surface area contributed by atoms with E-state index in [1.807, 2.05) is 24.5 Å². The Bertz CT molecular complexity index is 416. The van der Waals surface area contributed by atoms with Crippen LogP contribution >= 0.6 is 0 Å². The minimum atomic E-state index is -0.155. The quantitative estimate of drug-likeness (QED) is 0.769. The zero-order chi connectivity index (χ0) is 10.3. The largest absolute Gasteiger partial charge is 0.391 e. The number of aliphatic hydroxyl groups is 1. The number of pyridine rings is 1. The molecule has 0 radical (unpaired) electrons. The summed E-state index contributed by atoms with van der Waals surface area (Å²) in [6.07, 6.45) is 2.18. The molecular weight excluding hydrogens is 178 g/mol. The highest BCUT2D eigenvalue weighted by atomic mass is 16.3. The third kappa shape index (κ3) is 1.38.